The molecule has 0 spiro atoms. The summed E-state index contributed by atoms with van der Waals surface area (Å²) < 4.78 is 4.84. The highest BCUT2D eigenvalue weighted by molar-refractivity contribution is 7.80. The Hall–Kier alpha value is -1.51. The number of hydrogen-bond acceptors (Lipinski definition) is 5. The smallest absolute Gasteiger partial charge is 0.310 e. The van der Waals surface area contributed by atoms with Crippen LogP contribution in [0.25, 0.3) is 0 Å². The van der Waals surface area contributed by atoms with E-state index in [0.29, 0.717) is 29.2 Å². The van der Waals surface area contributed by atoms with Crippen molar-refractivity contribution < 1.29 is 9.53 Å². The van der Waals surface area contributed by atoms with Gasteiger partial charge in [-0.05, 0) is 30.2 Å². The molecule has 0 aliphatic carbocycles. The Balaban J connectivity index is 3.03. The van der Waals surface area contributed by atoms with Crippen molar-refractivity contribution in [2.75, 3.05) is 6.61 Å². The van der Waals surface area contributed by atoms with Gasteiger partial charge in [0, 0.05) is 11.4 Å². The summed E-state index contributed by atoms with van der Waals surface area (Å²) >= 11 is 4.27. The molecule has 0 saturated carbocycles. The first kappa shape index (κ1) is 13.6. The van der Waals surface area contributed by atoms with Crippen LogP contribution in [0, 0.1) is 11.3 Å². The zero-order chi connectivity index (χ0) is 12.8. The Labute approximate surface area is 106 Å². The second-order valence-electron chi connectivity index (χ2n) is 3.44. The highest BCUT2D eigenvalue weighted by atomic mass is 32.1. The van der Waals surface area contributed by atoms with Gasteiger partial charge in [-0.3, -0.25) is 4.79 Å². The van der Waals surface area contributed by atoms with Gasteiger partial charge in [0.1, 0.15) is 0 Å². The number of esters is 1. The number of carbonyl (C=O) groups excluding carboxylic acids is 1. The molecule has 0 saturated heterocycles. The summed E-state index contributed by atoms with van der Waals surface area (Å²) in [6, 6.07) is 5.41. The Morgan fingerprint density at radius 1 is 1.53 bits per heavy atom. The van der Waals surface area contributed by atoms with Crippen molar-refractivity contribution >= 4 is 18.6 Å². The highest BCUT2D eigenvalue weighted by Gasteiger charge is 2.11. The molecule has 0 bridgehead atoms. The number of nitrogens with zero attached hydrogens (tertiary/aromatic N) is 1. The molecule has 0 atom stereocenters. The molecule has 0 unspecified atom stereocenters. The summed E-state index contributed by atoms with van der Waals surface area (Å²) in [5.74, 6) is -0.350. The number of carbonyl (C=O) groups is 1. The van der Waals surface area contributed by atoms with Crippen LogP contribution in [-0.4, -0.2) is 12.6 Å². The van der Waals surface area contributed by atoms with Gasteiger partial charge in [0.2, 0.25) is 0 Å². The largest absolute Gasteiger partial charge is 0.466 e. The van der Waals surface area contributed by atoms with Crippen LogP contribution < -0.4 is 5.73 Å². The van der Waals surface area contributed by atoms with Crippen molar-refractivity contribution in [1.82, 2.24) is 0 Å². The molecule has 1 rings (SSSR count). The number of hydrogen-bond donors (Lipinski definition) is 2. The maximum atomic E-state index is 11.4. The number of thiol groups is 1. The lowest BCUT2D eigenvalue weighted by Crippen LogP contribution is -2.09. The summed E-state index contributed by atoms with van der Waals surface area (Å²) in [5, 5.41) is 9.00. The lowest BCUT2D eigenvalue weighted by Gasteiger charge is -2.08. The molecule has 0 fully saturated rings. The van der Waals surface area contributed by atoms with Crippen molar-refractivity contribution in [2.24, 2.45) is 5.73 Å². The molecular formula is C12H14N2O2S. The number of ether oxygens (including phenoxy) is 1. The van der Waals surface area contributed by atoms with Crippen molar-refractivity contribution in [2.45, 2.75) is 24.8 Å². The summed E-state index contributed by atoms with van der Waals surface area (Å²) in [4.78, 5) is 12.1. The van der Waals surface area contributed by atoms with Crippen LogP contribution in [0.5, 0.6) is 0 Å². The average Bonchev–Trinajstić information content (AvgIpc) is 2.29. The van der Waals surface area contributed by atoms with Crippen molar-refractivity contribution in [1.29, 1.82) is 5.26 Å². The van der Waals surface area contributed by atoms with Crippen molar-refractivity contribution in [3.05, 3.63) is 28.8 Å². The molecular weight excluding hydrogens is 236 g/mol. The van der Waals surface area contributed by atoms with E-state index in [2.05, 4.69) is 12.6 Å². The maximum absolute atomic E-state index is 11.4. The Morgan fingerprint density at radius 3 is 2.76 bits per heavy atom. The fourth-order valence-corrected chi connectivity index (χ4v) is 1.77. The first-order chi connectivity index (χ1) is 8.12. The van der Waals surface area contributed by atoms with Crippen LogP contribution in [0.3, 0.4) is 0 Å². The molecule has 0 radical (unpaired) electrons. The molecule has 4 nitrogen and oxygen atoms in total. The Bertz CT molecular complexity index is 466. The molecule has 0 heterocycles. The van der Waals surface area contributed by atoms with Gasteiger partial charge in [-0.15, -0.1) is 12.6 Å². The van der Waals surface area contributed by atoms with Crippen LogP contribution in [0.1, 0.15) is 23.6 Å². The van der Waals surface area contributed by atoms with E-state index in [1.54, 1.807) is 19.1 Å². The minimum absolute atomic E-state index is 0.0785. The van der Waals surface area contributed by atoms with E-state index in [4.69, 9.17) is 15.7 Å². The fourth-order valence-electron chi connectivity index (χ4n) is 1.46. The standard InChI is InChI=1S/C12H14N2O2S/c1-2-16-12(15)5-8-4-11(17)10(7-14)3-9(8)6-13/h3-4,17H,2,5,7,14H2,1H3. The monoisotopic (exact) mass is 250 g/mol. The molecule has 0 aliphatic heterocycles. The van der Waals surface area contributed by atoms with Crippen molar-refractivity contribution in [3.63, 3.8) is 0 Å². The Kier molecular flexibility index (Phi) is 5.01. The predicted molar refractivity (Wildman–Crippen MR) is 66.6 cm³/mol. The van der Waals surface area contributed by atoms with Crippen LogP contribution in [0.15, 0.2) is 17.0 Å². The van der Waals surface area contributed by atoms with Crippen LogP contribution in [0.2, 0.25) is 0 Å². The first-order valence-electron chi connectivity index (χ1n) is 5.22. The van der Waals surface area contributed by atoms with E-state index in [1.165, 1.54) is 0 Å². The zero-order valence-corrected chi connectivity index (χ0v) is 10.5. The topological polar surface area (TPSA) is 76.1 Å². The third-order valence-electron chi connectivity index (χ3n) is 2.28. The predicted octanol–water partition coefficient (Wildman–Crippen LogP) is 1.41. The highest BCUT2D eigenvalue weighted by Crippen LogP contribution is 2.20. The van der Waals surface area contributed by atoms with Gasteiger partial charge < -0.3 is 10.5 Å². The number of nitrogens with two attached hydrogens (primary N) is 1. The number of nitriles is 1. The fraction of sp³-hybridized carbons (Fsp3) is 0.333. The summed E-state index contributed by atoms with van der Waals surface area (Å²) in [6.45, 7) is 2.38. The van der Waals surface area contributed by atoms with E-state index in [9.17, 15) is 4.79 Å². The van der Waals surface area contributed by atoms with E-state index < -0.39 is 0 Å². The summed E-state index contributed by atoms with van der Waals surface area (Å²) in [5.41, 5.74) is 7.37. The quantitative estimate of drug-likeness (QED) is 0.626. The first-order valence-corrected chi connectivity index (χ1v) is 5.67. The molecule has 5 heteroatoms. The van der Waals surface area contributed by atoms with Gasteiger partial charge in [0.05, 0.1) is 24.7 Å². The van der Waals surface area contributed by atoms with E-state index in [-0.39, 0.29) is 12.4 Å². The third-order valence-corrected chi connectivity index (χ3v) is 2.70. The third kappa shape index (κ3) is 3.48. The SMILES string of the molecule is CCOC(=O)Cc1cc(S)c(CN)cc1C#N. The lowest BCUT2D eigenvalue weighted by atomic mass is 10.0. The maximum Gasteiger partial charge on any atom is 0.310 e. The average molecular weight is 250 g/mol. The van der Waals surface area contributed by atoms with Gasteiger partial charge in [0.15, 0.2) is 0 Å². The zero-order valence-electron chi connectivity index (χ0n) is 9.56. The van der Waals surface area contributed by atoms with Crippen LogP contribution in [-0.2, 0) is 22.5 Å². The molecule has 90 valence electrons. The second-order valence-corrected chi connectivity index (χ2v) is 3.92. The van der Waals surface area contributed by atoms with Gasteiger partial charge >= 0.3 is 5.97 Å². The molecule has 1 aromatic rings. The van der Waals surface area contributed by atoms with Gasteiger partial charge in [-0.1, -0.05) is 0 Å². The minimum Gasteiger partial charge on any atom is -0.466 e. The van der Waals surface area contributed by atoms with Crippen LogP contribution >= 0.6 is 12.6 Å². The van der Waals surface area contributed by atoms with E-state index in [1.807, 2.05) is 6.07 Å². The number of benzene rings is 1. The normalized spacial score (nSPS) is 9.76. The molecule has 2 N–H and O–H groups in total. The molecule has 0 aliphatic rings. The molecule has 1 aromatic carbocycles. The second kappa shape index (κ2) is 6.28. The molecule has 0 aromatic heterocycles. The summed E-state index contributed by atoms with van der Waals surface area (Å²) in [6.07, 6.45) is 0.0785. The minimum atomic E-state index is -0.350. The van der Waals surface area contributed by atoms with Gasteiger partial charge in [-0.2, -0.15) is 5.26 Å². The van der Waals surface area contributed by atoms with Gasteiger partial charge in [-0.25, -0.2) is 0 Å². The van der Waals surface area contributed by atoms with Crippen LogP contribution in [0.4, 0.5) is 0 Å². The molecule has 17 heavy (non-hydrogen) atoms. The van der Waals surface area contributed by atoms with Crippen molar-refractivity contribution in [3.8, 4) is 6.07 Å². The molecule has 0 amide bonds. The summed E-state index contributed by atoms with van der Waals surface area (Å²) in [7, 11) is 0. The van der Waals surface area contributed by atoms with E-state index in [0.717, 1.165) is 5.56 Å². The van der Waals surface area contributed by atoms with Gasteiger partial charge in [0.25, 0.3) is 0 Å². The van der Waals surface area contributed by atoms with E-state index >= 15 is 0 Å². The number of rotatable bonds is 4. The lowest BCUT2D eigenvalue weighted by molar-refractivity contribution is -0.142. The Morgan fingerprint density at radius 2 is 2.24 bits per heavy atom.